The molecule has 1 rings (SSSR count). The Labute approximate surface area is 91.1 Å². The standard InChI is InChI=1S/C14H16O/c1-11-5-8-14(9-6-11)10-12(2)4-7-13(3)15/h4-10H,1-3H3/b7-4+,12-10+. The highest BCUT2D eigenvalue weighted by atomic mass is 16.1. The molecule has 0 amide bonds. The van der Waals surface area contributed by atoms with E-state index < -0.39 is 0 Å². The maximum atomic E-state index is 10.7. The number of carbonyl (C=O) groups is 1. The summed E-state index contributed by atoms with van der Waals surface area (Å²) in [5.74, 6) is 0.0756. The number of carbonyl (C=O) groups excluding carboxylic acids is 1. The van der Waals surface area contributed by atoms with Crippen molar-refractivity contribution >= 4 is 11.9 Å². The van der Waals surface area contributed by atoms with Gasteiger partial charge in [-0.15, -0.1) is 0 Å². The maximum absolute atomic E-state index is 10.7. The lowest BCUT2D eigenvalue weighted by Crippen LogP contribution is -1.80. The molecule has 0 spiro atoms. The predicted molar refractivity (Wildman–Crippen MR) is 64.7 cm³/mol. The summed E-state index contributed by atoms with van der Waals surface area (Å²) in [6, 6.07) is 8.29. The molecule has 0 atom stereocenters. The summed E-state index contributed by atoms with van der Waals surface area (Å²) >= 11 is 0. The molecule has 0 bridgehead atoms. The first-order chi connectivity index (χ1) is 7.08. The van der Waals surface area contributed by atoms with E-state index in [-0.39, 0.29) is 5.78 Å². The SMILES string of the molecule is CC(=O)/C=C/C(C)=C/c1ccc(C)cc1. The summed E-state index contributed by atoms with van der Waals surface area (Å²) in [4.78, 5) is 10.7. The van der Waals surface area contributed by atoms with Crippen LogP contribution in [0.3, 0.4) is 0 Å². The summed E-state index contributed by atoms with van der Waals surface area (Å²) in [7, 11) is 0. The van der Waals surface area contributed by atoms with Crippen molar-refractivity contribution in [2.45, 2.75) is 20.8 Å². The van der Waals surface area contributed by atoms with E-state index in [9.17, 15) is 4.79 Å². The molecule has 1 aromatic carbocycles. The molecule has 0 radical (unpaired) electrons. The molecule has 0 aliphatic carbocycles. The molecule has 0 saturated heterocycles. The smallest absolute Gasteiger partial charge is 0.152 e. The van der Waals surface area contributed by atoms with Gasteiger partial charge in [-0.2, -0.15) is 0 Å². The zero-order chi connectivity index (χ0) is 11.3. The van der Waals surface area contributed by atoms with Crippen molar-refractivity contribution in [3.63, 3.8) is 0 Å². The van der Waals surface area contributed by atoms with Gasteiger partial charge in [-0.3, -0.25) is 4.79 Å². The van der Waals surface area contributed by atoms with Crippen LogP contribution >= 0.6 is 0 Å². The van der Waals surface area contributed by atoms with Crippen molar-refractivity contribution in [3.8, 4) is 0 Å². The van der Waals surface area contributed by atoms with E-state index in [0.29, 0.717) is 0 Å². The van der Waals surface area contributed by atoms with Crippen LogP contribution in [0, 0.1) is 6.92 Å². The third-order valence-electron chi connectivity index (χ3n) is 2.05. The Hall–Kier alpha value is -1.63. The minimum Gasteiger partial charge on any atom is -0.295 e. The molecular formula is C14H16O. The van der Waals surface area contributed by atoms with Crippen LogP contribution in [0.25, 0.3) is 6.08 Å². The van der Waals surface area contributed by atoms with Crippen LogP contribution in [-0.4, -0.2) is 5.78 Å². The van der Waals surface area contributed by atoms with Crippen molar-refractivity contribution < 1.29 is 4.79 Å². The minimum absolute atomic E-state index is 0.0756. The van der Waals surface area contributed by atoms with Crippen LogP contribution < -0.4 is 0 Å². The number of benzene rings is 1. The number of ketones is 1. The predicted octanol–water partition coefficient (Wildman–Crippen LogP) is 3.54. The number of aryl methyl sites for hydroxylation is 1. The van der Waals surface area contributed by atoms with Gasteiger partial charge in [-0.05, 0) is 32.4 Å². The highest BCUT2D eigenvalue weighted by Crippen LogP contribution is 2.08. The van der Waals surface area contributed by atoms with Crippen LogP contribution in [-0.2, 0) is 4.79 Å². The average Bonchev–Trinajstić information content (AvgIpc) is 2.19. The first-order valence-electron chi connectivity index (χ1n) is 5.01. The Morgan fingerprint density at radius 2 is 1.67 bits per heavy atom. The lowest BCUT2D eigenvalue weighted by atomic mass is 10.1. The number of allylic oxidation sites excluding steroid dienone is 3. The first kappa shape index (κ1) is 11.4. The minimum atomic E-state index is 0.0756. The van der Waals surface area contributed by atoms with Gasteiger partial charge in [-0.25, -0.2) is 0 Å². The van der Waals surface area contributed by atoms with Gasteiger partial charge >= 0.3 is 0 Å². The lowest BCUT2D eigenvalue weighted by Gasteiger charge is -1.96. The second kappa shape index (κ2) is 5.30. The highest BCUT2D eigenvalue weighted by Gasteiger charge is 1.89. The normalized spacial score (nSPS) is 12.1. The first-order valence-corrected chi connectivity index (χ1v) is 5.01. The molecule has 1 heteroatoms. The van der Waals surface area contributed by atoms with Gasteiger partial charge in [0.05, 0.1) is 0 Å². The Morgan fingerprint density at radius 1 is 1.07 bits per heavy atom. The molecule has 0 aliphatic rings. The summed E-state index contributed by atoms with van der Waals surface area (Å²) < 4.78 is 0. The Morgan fingerprint density at radius 3 is 2.20 bits per heavy atom. The van der Waals surface area contributed by atoms with Gasteiger partial charge < -0.3 is 0 Å². The van der Waals surface area contributed by atoms with Crippen LogP contribution in [0.1, 0.15) is 25.0 Å². The van der Waals surface area contributed by atoms with Crippen molar-refractivity contribution in [1.82, 2.24) is 0 Å². The van der Waals surface area contributed by atoms with Gasteiger partial charge in [0.15, 0.2) is 5.78 Å². The topological polar surface area (TPSA) is 17.1 Å². The maximum Gasteiger partial charge on any atom is 0.152 e. The number of hydrogen-bond donors (Lipinski definition) is 0. The average molecular weight is 200 g/mol. The molecular weight excluding hydrogens is 184 g/mol. The van der Waals surface area contributed by atoms with E-state index in [4.69, 9.17) is 0 Å². The molecule has 0 saturated carbocycles. The summed E-state index contributed by atoms with van der Waals surface area (Å²) in [5, 5.41) is 0. The van der Waals surface area contributed by atoms with Gasteiger partial charge in [0.2, 0.25) is 0 Å². The Kier molecular flexibility index (Phi) is 4.04. The second-order valence-corrected chi connectivity index (χ2v) is 3.74. The van der Waals surface area contributed by atoms with E-state index in [1.54, 1.807) is 13.0 Å². The highest BCUT2D eigenvalue weighted by molar-refractivity contribution is 5.87. The largest absolute Gasteiger partial charge is 0.295 e. The fraction of sp³-hybridized carbons (Fsp3) is 0.214. The van der Waals surface area contributed by atoms with Crippen LogP contribution in [0.4, 0.5) is 0 Å². The van der Waals surface area contributed by atoms with Crippen molar-refractivity contribution in [2.75, 3.05) is 0 Å². The van der Waals surface area contributed by atoms with Gasteiger partial charge in [-0.1, -0.05) is 47.6 Å². The number of rotatable bonds is 3. The molecule has 1 nitrogen and oxygen atoms in total. The summed E-state index contributed by atoms with van der Waals surface area (Å²) in [5.41, 5.74) is 3.49. The van der Waals surface area contributed by atoms with Gasteiger partial charge in [0, 0.05) is 0 Å². The van der Waals surface area contributed by atoms with E-state index in [0.717, 1.165) is 11.1 Å². The van der Waals surface area contributed by atoms with Crippen molar-refractivity contribution in [1.29, 1.82) is 0 Å². The fourth-order valence-electron chi connectivity index (χ4n) is 1.22. The monoisotopic (exact) mass is 200 g/mol. The van der Waals surface area contributed by atoms with Crippen molar-refractivity contribution in [2.24, 2.45) is 0 Å². The zero-order valence-corrected chi connectivity index (χ0v) is 9.45. The molecule has 0 aliphatic heterocycles. The molecule has 0 unspecified atom stereocenters. The molecule has 0 aromatic heterocycles. The molecule has 78 valence electrons. The fourth-order valence-corrected chi connectivity index (χ4v) is 1.22. The third-order valence-corrected chi connectivity index (χ3v) is 2.05. The molecule has 0 fully saturated rings. The molecule has 0 N–H and O–H groups in total. The molecule has 0 heterocycles. The van der Waals surface area contributed by atoms with Crippen LogP contribution in [0.15, 0.2) is 42.0 Å². The molecule has 15 heavy (non-hydrogen) atoms. The summed E-state index contributed by atoms with van der Waals surface area (Å²) in [6.45, 7) is 5.60. The van der Waals surface area contributed by atoms with E-state index in [1.165, 1.54) is 5.56 Å². The van der Waals surface area contributed by atoms with E-state index in [1.807, 2.05) is 13.0 Å². The van der Waals surface area contributed by atoms with Crippen LogP contribution in [0.5, 0.6) is 0 Å². The van der Waals surface area contributed by atoms with Gasteiger partial charge in [0.25, 0.3) is 0 Å². The Balaban J connectivity index is 2.78. The van der Waals surface area contributed by atoms with Crippen LogP contribution in [0.2, 0.25) is 0 Å². The van der Waals surface area contributed by atoms with Crippen molar-refractivity contribution in [3.05, 3.63) is 53.1 Å². The van der Waals surface area contributed by atoms with E-state index in [2.05, 4.69) is 37.3 Å². The summed E-state index contributed by atoms with van der Waals surface area (Å²) in [6.07, 6.45) is 5.47. The second-order valence-electron chi connectivity index (χ2n) is 3.74. The van der Waals surface area contributed by atoms with Gasteiger partial charge in [0.1, 0.15) is 0 Å². The number of hydrogen-bond acceptors (Lipinski definition) is 1. The lowest BCUT2D eigenvalue weighted by molar-refractivity contribution is -0.112. The van der Waals surface area contributed by atoms with E-state index >= 15 is 0 Å². The molecule has 1 aromatic rings. The zero-order valence-electron chi connectivity index (χ0n) is 9.45. The quantitative estimate of drug-likeness (QED) is 0.538. The third kappa shape index (κ3) is 4.41. The Bertz CT molecular complexity index is 394.